The Hall–Kier alpha value is -2.06. The summed E-state index contributed by atoms with van der Waals surface area (Å²) in [5, 5.41) is 3.87. The number of sulfonamides is 1. The van der Waals surface area contributed by atoms with Crippen LogP contribution >= 0.6 is 15.9 Å². The number of halogens is 1. The molecule has 0 aromatic heterocycles. The summed E-state index contributed by atoms with van der Waals surface area (Å²) in [5.41, 5.74) is 1.73. The maximum absolute atomic E-state index is 12.3. The zero-order chi connectivity index (χ0) is 19.9. The lowest BCUT2D eigenvalue weighted by Gasteiger charge is -2.13. The monoisotopic (exact) mass is 454 g/mol. The highest BCUT2D eigenvalue weighted by Crippen LogP contribution is 2.36. The second-order valence-electron chi connectivity index (χ2n) is 5.55. The van der Waals surface area contributed by atoms with Crippen LogP contribution in [0.1, 0.15) is 31.9 Å². The lowest BCUT2D eigenvalue weighted by molar-refractivity contribution is 0.286. The third kappa shape index (κ3) is 5.71. The van der Waals surface area contributed by atoms with Crippen LogP contribution in [0.2, 0.25) is 0 Å². The van der Waals surface area contributed by atoms with Gasteiger partial charge in [0, 0.05) is 0 Å². The lowest BCUT2D eigenvalue weighted by Crippen LogP contribution is -2.18. The van der Waals surface area contributed by atoms with Crippen molar-refractivity contribution < 1.29 is 17.9 Å². The first kappa shape index (κ1) is 21.2. The number of benzene rings is 2. The first-order valence-electron chi connectivity index (χ1n) is 8.64. The Kier molecular flexibility index (Phi) is 7.67. The van der Waals surface area contributed by atoms with Crippen LogP contribution in [0.15, 0.2) is 50.9 Å². The molecule has 27 heavy (non-hydrogen) atoms. The topological polar surface area (TPSA) is 77.0 Å². The molecule has 0 aliphatic rings. The minimum absolute atomic E-state index is 0.166. The Bertz CT molecular complexity index is 897. The molecule has 1 N–H and O–H groups in total. The second-order valence-corrected chi connectivity index (χ2v) is 8.06. The highest BCUT2D eigenvalue weighted by Gasteiger charge is 2.13. The maximum Gasteiger partial charge on any atom is 0.276 e. The predicted molar refractivity (Wildman–Crippen MR) is 110 cm³/mol. The van der Waals surface area contributed by atoms with Gasteiger partial charge in [0.25, 0.3) is 10.0 Å². The van der Waals surface area contributed by atoms with Crippen LogP contribution in [0, 0.1) is 0 Å². The standard InChI is InChI=1S/C19H23BrN2O4S/c1-4-14-7-9-16(10-8-14)27(23,24)22-21-13-15-11-17(20)19(26-6-3)18(12-15)25-5-2/h7-13,22H,4-6H2,1-3H3/b21-13-. The van der Waals surface area contributed by atoms with E-state index in [1.165, 1.54) is 6.21 Å². The van der Waals surface area contributed by atoms with Gasteiger partial charge in [-0.3, -0.25) is 0 Å². The van der Waals surface area contributed by atoms with Crippen LogP contribution in [0.4, 0.5) is 0 Å². The SMILES string of the molecule is CCOc1cc(/C=N\NS(=O)(=O)c2ccc(CC)cc2)cc(Br)c1OCC. The van der Waals surface area contributed by atoms with E-state index in [1.54, 1.807) is 36.4 Å². The van der Waals surface area contributed by atoms with E-state index in [0.717, 1.165) is 12.0 Å². The molecule has 0 heterocycles. The van der Waals surface area contributed by atoms with Crippen LogP contribution in [-0.2, 0) is 16.4 Å². The first-order chi connectivity index (χ1) is 12.9. The van der Waals surface area contributed by atoms with Crippen molar-refractivity contribution in [3.63, 3.8) is 0 Å². The van der Waals surface area contributed by atoms with E-state index >= 15 is 0 Å². The van der Waals surface area contributed by atoms with Crippen LogP contribution < -0.4 is 14.3 Å². The Balaban J connectivity index is 2.19. The number of hydrazone groups is 1. The summed E-state index contributed by atoms with van der Waals surface area (Å²) >= 11 is 3.45. The van der Waals surface area contributed by atoms with Gasteiger partial charge in [0.15, 0.2) is 11.5 Å². The molecule has 2 aromatic carbocycles. The van der Waals surface area contributed by atoms with Gasteiger partial charge < -0.3 is 9.47 Å². The van der Waals surface area contributed by atoms with Crippen LogP contribution in [0.5, 0.6) is 11.5 Å². The molecule has 0 bridgehead atoms. The third-order valence-corrected chi connectivity index (χ3v) is 5.48. The molecular weight excluding hydrogens is 432 g/mol. The summed E-state index contributed by atoms with van der Waals surface area (Å²) in [6.07, 6.45) is 2.27. The van der Waals surface area contributed by atoms with Crippen molar-refractivity contribution in [3.05, 3.63) is 52.0 Å². The van der Waals surface area contributed by atoms with E-state index in [0.29, 0.717) is 34.7 Å². The molecule has 8 heteroatoms. The number of rotatable bonds is 9. The van der Waals surface area contributed by atoms with E-state index in [-0.39, 0.29) is 4.90 Å². The van der Waals surface area contributed by atoms with Gasteiger partial charge in [0.05, 0.1) is 28.8 Å². The molecule has 2 rings (SSSR count). The van der Waals surface area contributed by atoms with Crippen molar-refractivity contribution >= 4 is 32.2 Å². The summed E-state index contributed by atoms with van der Waals surface area (Å²) in [6.45, 7) is 6.76. The maximum atomic E-state index is 12.3. The Morgan fingerprint density at radius 3 is 2.33 bits per heavy atom. The van der Waals surface area contributed by atoms with Crippen LogP contribution in [0.3, 0.4) is 0 Å². The number of ether oxygens (including phenoxy) is 2. The fraction of sp³-hybridized carbons (Fsp3) is 0.316. The van der Waals surface area contributed by atoms with Gasteiger partial charge in [0.2, 0.25) is 0 Å². The quantitative estimate of drug-likeness (QED) is 0.456. The smallest absolute Gasteiger partial charge is 0.276 e. The number of aryl methyl sites for hydroxylation is 1. The van der Waals surface area contributed by atoms with Gasteiger partial charge >= 0.3 is 0 Å². The summed E-state index contributed by atoms with van der Waals surface area (Å²) in [7, 11) is -3.72. The molecule has 0 saturated heterocycles. The fourth-order valence-electron chi connectivity index (χ4n) is 2.34. The molecule has 0 amide bonds. The van der Waals surface area contributed by atoms with Crippen LogP contribution in [-0.4, -0.2) is 27.8 Å². The number of hydrogen-bond acceptors (Lipinski definition) is 5. The molecule has 0 atom stereocenters. The summed E-state index contributed by atoms with van der Waals surface area (Å²) in [6, 6.07) is 10.2. The Morgan fingerprint density at radius 1 is 1.07 bits per heavy atom. The summed E-state index contributed by atoms with van der Waals surface area (Å²) < 4.78 is 36.5. The van der Waals surface area contributed by atoms with Gasteiger partial charge in [-0.2, -0.15) is 13.5 Å². The molecule has 0 spiro atoms. The lowest BCUT2D eigenvalue weighted by atomic mass is 10.2. The fourth-order valence-corrected chi connectivity index (χ4v) is 3.70. The van der Waals surface area contributed by atoms with Crippen molar-refractivity contribution in [1.29, 1.82) is 0 Å². The molecule has 0 fully saturated rings. The highest BCUT2D eigenvalue weighted by atomic mass is 79.9. The zero-order valence-electron chi connectivity index (χ0n) is 15.5. The van der Waals surface area contributed by atoms with E-state index in [1.807, 2.05) is 20.8 Å². The molecule has 6 nitrogen and oxygen atoms in total. The van der Waals surface area contributed by atoms with Gasteiger partial charge in [-0.05, 0) is 71.6 Å². The molecule has 0 aliphatic heterocycles. The predicted octanol–water partition coefficient (Wildman–Crippen LogP) is 4.12. The summed E-state index contributed by atoms with van der Waals surface area (Å²) in [5.74, 6) is 1.17. The van der Waals surface area contributed by atoms with Gasteiger partial charge in [-0.1, -0.05) is 19.1 Å². The molecule has 0 aliphatic carbocycles. The number of nitrogens with one attached hydrogen (secondary N) is 1. The second kappa shape index (κ2) is 9.75. The minimum Gasteiger partial charge on any atom is -0.490 e. The molecule has 0 saturated carbocycles. The largest absolute Gasteiger partial charge is 0.490 e. The van der Waals surface area contributed by atoms with Gasteiger partial charge in [-0.25, -0.2) is 4.83 Å². The highest BCUT2D eigenvalue weighted by molar-refractivity contribution is 9.10. The third-order valence-electron chi connectivity index (χ3n) is 3.65. The van der Waals surface area contributed by atoms with E-state index < -0.39 is 10.0 Å². The molecule has 2 aromatic rings. The van der Waals surface area contributed by atoms with Crippen molar-refractivity contribution in [2.45, 2.75) is 32.1 Å². The number of nitrogens with zero attached hydrogens (tertiary/aromatic N) is 1. The first-order valence-corrected chi connectivity index (χ1v) is 10.9. The van der Waals surface area contributed by atoms with E-state index in [2.05, 4.69) is 25.9 Å². The Morgan fingerprint density at radius 2 is 1.74 bits per heavy atom. The minimum atomic E-state index is -3.72. The van der Waals surface area contributed by atoms with Crippen molar-refractivity contribution in [3.8, 4) is 11.5 Å². The summed E-state index contributed by atoms with van der Waals surface area (Å²) in [4.78, 5) is 2.39. The van der Waals surface area contributed by atoms with Crippen molar-refractivity contribution in [1.82, 2.24) is 4.83 Å². The normalized spacial score (nSPS) is 11.6. The molecular formula is C19H23BrN2O4S. The molecule has 0 unspecified atom stereocenters. The molecule has 0 radical (unpaired) electrons. The Labute approximate surface area is 168 Å². The average Bonchev–Trinajstić information content (AvgIpc) is 2.64. The molecule has 146 valence electrons. The number of hydrogen-bond donors (Lipinski definition) is 1. The van der Waals surface area contributed by atoms with E-state index in [4.69, 9.17) is 9.47 Å². The van der Waals surface area contributed by atoms with Crippen molar-refractivity contribution in [2.75, 3.05) is 13.2 Å². The van der Waals surface area contributed by atoms with Crippen LogP contribution in [0.25, 0.3) is 0 Å². The van der Waals surface area contributed by atoms with Crippen molar-refractivity contribution in [2.24, 2.45) is 5.10 Å². The van der Waals surface area contributed by atoms with E-state index in [9.17, 15) is 8.42 Å². The van der Waals surface area contributed by atoms with Gasteiger partial charge in [0.1, 0.15) is 0 Å². The zero-order valence-corrected chi connectivity index (χ0v) is 17.9. The average molecular weight is 455 g/mol. The van der Waals surface area contributed by atoms with Gasteiger partial charge in [-0.15, -0.1) is 0 Å².